The second-order valence-electron chi connectivity index (χ2n) is 10.2. The van der Waals surface area contributed by atoms with Gasteiger partial charge >= 0.3 is 6.09 Å². The van der Waals surface area contributed by atoms with Gasteiger partial charge in [0, 0.05) is 38.5 Å². The number of aryl methyl sites for hydroxylation is 1. The molecule has 0 unspecified atom stereocenters. The number of hydrogen-bond acceptors (Lipinski definition) is 5. The Morgan fingerprint density at radius 1 is 1.06 bits per heavy atom. The second kappa shape index (κ2) is 8.33. The van der Waals surface area contributed by atoms with Crippen molar-refractivity contribution in [3.63, 3.8) is 0 Å². The van der Waals surface area contributed by atoms with E-state index in [-0.39, 0.29) is 35.2 Å². The summed E-state index contributed by atoms with van der Waals surface area (Å²) in [6, 6.07) is 12.7. The lowest BCUT2D eigenvalue weighted by molar-refractivity contribution is 0.0172. The zero-order chi connectivity index (χ0) is 24.0. The number of piperidine rings is 1. The largest absolute Gasteiger partial charge is 0.508 e. The maximum atomic E-state index is 13.0. The van der Waals surface area contributed by atoms with Crippen LogP contribution in [-0.4, -0.2) is 54.1 Å². The van der Waals surface area contributed by atoms with Crippen molar-refractivity contribution < 1.29 is 23.1 Å². The van der Waals surface area contributed by atoms with Crippen LogP contribution in [0.4, 0.5) is 4.79 Å². The first-order valence-corrected chi connectivity index (χ1v) is 12.7. The van der Waals surface area contributed by atoms with E-state index in [0.717, 1.165) is 5.56 Å². The molecule has 0 bridgehead atoms. The fourth-order valence-corrected chi connectivity index (χ4v) is 5.90. The maximum absolute atomic E-state index is 13.0. The van der Waals surface area contributed by atoms with Gasteiger partial charge in [-0.05, 0) is 35.1 Å². The summed E-state index contributed by atoms with van der Waals surface area (Å²) in [5.74, 6) is -0.0412. The molecule has 2 aliphatic heterocycles. The van der Waals surface area contributed by atoms with Gasteiger partial charge in [-0.2, -0.15) is 4.31 Å². The summed E-state index contributed by atoms with van der Waals surface area (Å²) in [5, 5.41) is 9.92. The van der Waals surface area contributed by atoms with Gasteiger partial charge in [0.2, 0.25) is 10.0 Å². The highest BCUT2D eigenvalue weighted by molar-refractivity contribution is 7.89. The van der Waals surface area contributed by atoms with E-state index < -0.39 is 15.6 Å². The Balaban J connectivity index is 1.40. The Morgan fingerprint density at radius 2 is 1.70 bits per heavy atom. The molecule has 4 rings (SSSR count). The van der Waals surface area contributed by atoms with E-state index in [4.69, 9.17) is 4.74 Å². The number of hydrogen-bond donors (Lipinski definition) is 1. The van der Waals surface area contributed by atoms with Crippen LogP contribution in [0.2, 0.25) is 0 Å². The molecule has 0 saturated carbocycles. The van der Waals surface area contributed by atoms with Gasteiger partial charge in [0.15, 0.2) is 0 Å². The molecule has 7 nitrogen and oxygen atoms in total. The van der Waals surface area contributed by atoms with Crippen molar-refractivity contribution in [3.05, 3.63) is 59.2 Å². The first-order valence-electron chi connectivity index (χ1n) is 11.3. The summed E-state index contributed by atoms with van der Waals surface area (Å²) in [5.41, 5.74) is 2.31. The van der Waals surface area contributed by atoms with Crippen molar-refractivity contribution >= 4 is 16.1 Å². The maximum Gasteiger partial charge on any atom is 0.410 e. The van der Waals surface area contributed by atoms with Crippen molar-refractivity contribution in [1.82, 2.24) is 9.21 Å². The minimum Gasteiger partial charge on any atom is -0.508 e. The lowest BCUT2D eigenvalue weighted by Crippen LogP contribution is -2.48. The number of benzene rings is 2. The molecule has 178 valence electrons. The van der Waals surface area contributed by atoms with Gasteiger partial charge < -0.3 is 9.84 Å². The molecule has 8 heteroatoms. The monoisotopic (exact) mass is 472 g/mol. The van der Waals surface area contributed by atoms with Crippen LogP contribution in [0.3, 0.4) is 0 Å². The summed E-state index contributed by atoms with van der Waals surface area (Å²) in [6.45, 7) is 9.65. The lowest BCUT2D eigenvalue weighted by atomic mass is 9.86. The van der Waals surface area contributed by atoms with Gasteiger partial charge in [0.1, 0.15) is 11.4 Å². The average Bonchev–Trinajstić information content (AvgIpc) is 3.04. The average molecular weight is 473 g/mol. The van der Waals surface area contributed by atoms with Crippen LogP contribution in [0.15, 0.2) is 47.4 Å². The zero-order valence-corrected chi connectivity index (χ0v) is 20.5. The number of carbonyl (C=O) groups is 1. The number of amides is 1. The number of nitrogens with zero attached hydrogens (tertiary/aromatic N) is 2. The van der Waals surface area contributed by atoms with E-state index in [0.29, 0.717) is 31.5 Å². The van der Waals surface area contributed by atoms with Crippen LogP contribution < -0.4 is 0 Å². The Bertz CT molecular complexity index is 1140. The molecule has 0 atom stereocenters. The van der Waals surface area contributed by atoms with Gasteiger partial charge in [-0.15, -0.1) is 0 Å². The van der Waals surface area contributed by atoms with Crippen molar-refractivity contribution in [3.8, 4) is 5.75 Å². The molecule has 2 saturated heterocycles. The molecule has 0 radical (unpaired) electrons. The standard InChI is InChI=1S/C25H32N2O5S/c1-18-5-10-21(15-22(18)28)33(30,31)27-13-11-25(12-14-27)17-26(23(29)32-25)16-19-6-8-20(9-7-19)24(2,3)4/h5-10,15,28H,11-14,16-17H2,1-4H3. The number of rotatable bonds is 4. The number of sulfonamides is 1. The molecular weight excluding hydrogens is 440 g/mol. The highest BCUT2D eigenvalue weighted by atomic mass is 32.2. The summed E-state index contributed by atoms with van der Waals surface area (Å²) < 4.78 is 33.2. The predicted octanol–water partition coefficient (Wildman–Crippen LogP) is 4.17. The van der Waals surface area contributed by atoms with E-state index in [1.165, 1.54) is 22.0 Å². The fraction of sp³-hybridized carbons (Fsp3) is 0.480. The van der Waals surface area contributed by atoms with E-state index in [2.05, 4.69) is 32.9 Å². The molecule has 2 heterocycles. The second-order valence-corrected chi connectivity index (χ2v) is 12.1. The number of aromatic hydroxyl groups is 1. The third-order valence-corrected chi connectivity index (χ3v) is 8.58. The number of phenols is 1. The van der Waals surface area contributed by atoms with E-state index in [9.17, 15) is 18.3 Å². The molecule has 2 fully saturated rings. The highest BCUT2D eigenvalue weighted by Gasteiger charge is 2.48. The van der Waals surface area contributed by atoms with Gasteiger partial charge in [0.25, 0.3) is 0 Å². The lowest BCUT2D eigenvalue weighted by Gasteiger charge is -2.36. The van der Waals surface area contributed by atoms with E-state index >= 15 is 0 Å². The normalized spacial score (nSPS) is 19.2. The van der Waals surface area contributed by atoms with Gasteiger partial charge in [-0.3, -0.25) is 4.90 Å². The van der Waals surface area contributed by atoms with Gasteiger partial charge in [-0.1, -0.05) is 51.1 Å². The van der Waals surface area contributed by atoms with Crippen LogP contribution >= 0.6 is 0 Å². The molecule has 2 aliphatic rings. The third kappa shape index (κ3) is 4.73. The molecule has 2 aromatic carbocycles. The molecule has 1 N–H and O–H groups in total. The molecule has 1 spiro atoms. The molecule has 0 aliphatic carbocycles. The molecule has 1 amide bonds. The minimum atomic E-state index is -3.72. The minimum absolute atomic E-state index is 0.0412. The van der Waals surface area contributed by atoms with Crippen LogP contribution in [0, 0.1) is 6.92 Å². The molecular formula is C25H32N2O5S. The van der Waals surface area contributed by atoms with Crippen molar-refractivity contribution in [2.45, 2.75) is 63.0 Å². The molecule has 0 aromatic heterocycles. The Hall–Kier alpha value is -2.58. The first kappa shape index (κ1) is 23.6. The van der Waals surface area contributed by atoms with Gasteiger partial charge in [0.05, 0.1) is 11.4 Å². The zero-order valence-electron chi connectivity index (χ0n) is 19.7. The van der Waals surface area contributed by atoms with Crippen LogP contribution in [0.1, 0.15) is 50.3 Å². The van der Waals surface area contributed by atoms with Crippen molar-refractivity contribution in [2.75, 3.05) is 19.6 Å². The van der Waals surface area contributed by atoms with Gasteiger partial charge in [-0.25, -0.2) is 13.2 Å². The predicted molar refractivity (Wildman–Crippen MR) is 126 cm³/mol. The summed E-state index contributed by atoms with van der Waals surface area (Å²) in [6.07, 6.45) is 0.527. The fourth-order valence-electron chi connectivity index (χ4n) is 4.44. The number of carbonyl (C=O) groups excluding carboxylic acids is 1. The Morgan fingerprint density at radius 3 is 2.27 bits per heavy atom. The summed E-state index contributed by atoms with van der Waals surface area (Å²) in [4.78, 5) is 14.4. The Labute approximate surface area is 196 Å². The van der Waals surface area contributed by atoms with E-state index in [1.807, 2.05) is 12.1 Å². The quantitative estimate of drug-likeness (QED) is 0.722. The van der Waals surface area contributed by atoms with E-state index in [1.54, 1.807) is 17.9 Å². The van der Waals surface area contributed by atoms with Crippen molar-refractivity contribution in [1.29, 1.82) is 0 Å². The van der Waals surface area contributed by atoms with Crippen LogP contribution in [-0.2, 0) is 26.7 Å². The Kier molecular flexibility index (Phi) is 5.95. The van der Waals surface area contributed by atoms with Crippen LogP contribution in [0.25, 0.3) is 0 Å². The number of ether oxygens (including phenoxy) is 1. The topological polar surface area (TPSA) is 87.2 Å². The van der Waals surface area contributed by atoms with Crippen molar-refractivity contribution in [2.24, 2.45) is 0 Å². The smallest absolute Gasteiger partial charge is 0.410 e. The van der Waals surface area contributed by atoms with Crippen LogP contribution in [0.5, 0.6) is 5.75 Å². The SMILES string of the molecule is Cc1ccc(S(=O)(=O)N2CCC3(CC2)CN(Cc2ccc(C(C)(C)C)cc2)C(=O)O3)cc1O. The first-order chi connectivity index (χ1) is 15.4. The third-order valence-electron chi connectivity index (χ3n) is 6.69. The molecule has 2 aromatic rings. The summed E-state index contributed by atoms with van der Waals surface area (Å²) >= 11 is 0. The summed E-state index contributed by atoms with van der Waals surface area (Å²) in [7, 11) is -3.72. The number of phenolic OH excluding ortho intramolecular Hbond substituents is 1. The highest BCUT2D eigenvalue weighted by Crippen LogP contribution is 2.36. The molecule has 33 heavy (non-hydrogen) atoms.